The minimum absolute atomic E-state index is 0.403. The number of aromatic nitrogens is 2. The lowest BCUT2D eigenvalue weighted by Crippen LogP contribution is -2.22. The fourth-order valence-corrected chi connectivity index (χ4v) is 2.28. The number of hydrogen-bond donors (Lipinski definition) is 0. The molecule has 0 saturated carbocycles. The van der Waals surface area contributed by atoms with Gasteiger partial charge in [-0.3, -0.25) is 4.98 Å². The molecular weight excluding hydrogens is 282 g/mol. The predicted octanol–water partition coefficient (Wildman–Crippen LogP) is 4.02. The van der Waals surface area contributed by atoms with Gasteiger partial charge in [0, 0.05) is 37.6 Å². The fourth-order valence-electron chi connectivity index (χ4n) is 2.12. The van der Waals surface area contributed by atoms with Gasteiger partial charge in [0.05, 0.1) is 0 Å². The molecule has 0 amide bonds. The Hall–Kier alpha value is -1.61. The first-order chi connectivity index (χ1) is 10.1. The second-order valence-electron chi connectivity index (χ2n) is 5.57. The topological polar surface area (TPSA) is 29.0 Å². The van der Waals surface area contributed by atoms with Crippen LogP contribution in [0.3, 0.4) is 0 Å². The monoisotopic (exact) mass is 303 g/mol. The molecule has 0 radical (unpaired) electrons. The molecule has 0 atom stereocenters. The molecule has 0 saturated heterocycles. The summed E-state index contributed by atoms with van der Waals surface area (Å²) in [4.78, 5) is 11.0. The number of halogens is 1. The standard InChI is InChI=1S/C17H22ClN3/c1-13(2)16-10-15(12-18)11-17(20-16)21(3)9-6-14-4-7-19-8-5-14/h4-5,7-8,10-11,13H,6,9,12H2,1-3H3. The molecule has 0 N–H and O–H groups in total. The fraction of sp³-hybridized carbons (Fsp3) is 0.412. The van der Waals surface area contributed by atoms with Crippen molar-refractivity contribution in [2.24, 2.45) is 0 Å². The number of anilines is 1. The van der Waals surface area contributed by atoms with Gasteiger partial charge in [0.2, 0.25) is 0 Å². The smallest absolute Gasteiger partial charge is 0.128 e. The number of pyridine rings is 2. The number of alkyl halides is 1. The van der Waals surface area contributed by atoms with Gasteiger partial charge in [0.1, 0.15) is 5.82 Å². The first-order valence-electron chi connectivity index (χ1n) is 7.27. The highest BCUT2D eigenvalue weighted by atomic mass is 35.5. The van der Waals surface area contributed by atoms with Crippen molar-refractivity contribution in [3.63, 3.8) is 0 Å². The van der Waals surface area contributed by atoms with Crippen LogP contribution in [0, 0.1) is 0 Å². The third-order valence-corrected chi connectivity index (χ3v) is 3.82. The van der Waals surface area contributed by atoms with E-state index in [1.807, 2.05) is 12.4 Å². The van der Waals surface area contributed by atoms with E-state index < -0.39 is 0 Å². The quantitative estimate of drug-likeness (QED) is 0.755. The third kappa shape index (κ3) is 4.43. The van der Waals surface area contributed by atoms with Gasteiger partial charge in [0.25, 0.3) is 0 Å². The SMILES string of the molecule is CC(C)c1cc(CCl)cc(N(C)CCc2ccncc2)n1. The zero-order chi connectivity index (χ0) is 15.2. The Balaban J connectivity index is 2.11. The molecule has 112 valence electrons. The first-order valence-corrected chi connectivity index (χ1v) is 7.80. The van der Waals surface area contributed by atoms with Crippen molar-refractivity contribution in [1.29, 1.82) is 0 Å². The molecule has 0 fully saturated rings. The Morgan fingerprint density at radius 3 is 2.48 bits per heavy atom. The average Bonchev–Trinajstić information content (AvgIpc) is 2.53. The summed E-state index contributed by atoms with van der Waals surface area (Å²) >= 11 is 6.00. The van der Waals surface area contributed by atoms with Crippen LogP contribution in [0.15, 0.2) is 36.7 Å². The van der Waals surface area contributed by atoms with Crippen molar-refractivity contribution < 1.29 is 0 Å². The van der Waals surface area contributed by atoms with Gasteiger partial charge in [-0.1, -0.05) is 13.8 Å². The zero-order valence-corrected chi connectivity index (χ0v) is 13.6. The lowest BCUT2D eigenvalue weighted by Gasteiger charge is -2.20. The van der Waals surface area contributed by atoms with Crippen LogP contribution in [0.2, 0.25) is 0 Å². The van der Waals surface area contributed by atoms with Crippen LogP contribution in [0.4, 0.5) is 5.82 Å². The van der Waals surface area contributed by atoms with E-state index in [-0.39, 0.29) is 0 Å². The maximum Gasteiger partial charge on any atom is 0.128 e. The highest BCUT2D eigenvalue weighted by Crippen LogP contribution is 2.21. The van der Waals surface area contributed by atoms with Gasteiger partial charge in [-0.05, 0) is 47.7 Å². The van der Waals surface area contributed by atoms with Gasteiger partial charge in [-0.25, -0.2) is 4.98 Å². The van der Waals surface area contributed by atoms with Crippen molar-refractivity contribution >= 4 is 17.4 Å². The predicted molar refractivity (Wildman–Crippen MR) is 89.1 cm³/mol. The van der Waals surface area contributed by atoms with E-state index in [1.165, 1.54) is 5.56 Å². The van der Waals surface area contributed by atoms with E-state index in [9.17, 15) is 0 Å². The summed E-state index contributed by atoms with van der Waals surface area (Å²) in [6, 6.07) is 8.27. The van der Waals surface area contributed by atoms with Crippen LogP contribution in [-0.4, -0.2) is 23.6 Å². The van der Waals surface area contributed by atoms with Gasteiger partial charge >= 0.3 is 0 Å². The highest BCUT2D eigenvalue weighted by Gasteiger charge is 2.09. The second kappa shape index (κ2) is 7.41. The number of rotatable bonds is 6. The Morgan fingerprint density at radius 1 is 1.14 bits per heavy atom. The Bertz CT molecular complexity index is 570. The van der Waals surface area contributed by atoms with E-state index >= 15 is 0 Å². The maximum absolute atomic E-state index is 6.00. The molecule has 0 spiro atoms. The Kier molecular flexibility index (Phi) is 5.57. The molecule has 0 aliphatic carbocycles. The summed E-state index contributed by atoms with van der Waals surface area (Å²) in [5.74, 6) is 1.92. The summed E-state index contributed by atoms with van der Waals surface area (Å²) in [6.07, 6.45) is 4.64. The summed E-state index contributed by atoms with van der Waals surface area (Å²) in [6.45, 7) is 5.22. The average molecular weight is 304 g/mol. The highest BCUT2D eigenvalue weighted by molar-refractivity contribution is 6.17. The Morgan fingerprint density at radius 2 is 1.86 bits per heavy atom. The normalized spacial score (nSPS) is 10.9. The van der Waals surface area contributed by atoms with E-state index in [4.69, 9.17) is 16.6 Å². The second-order valence-corrected chi connectivity index (χ2v) is 5.84. The molecule has 3 nitrogen and oxygen atoms in total. The molecule has 0 aromatic carbocycles. The number of hydrogen-bond acceptors (Lipinski definition) is 3. The summed E-state index contributed by atoms with van der Waals surface area (Å²) in [5, 5.41) is 0. The molecule has 0 bridgehead atoms. The van der Waals surface area contributed by atoms with Crippen LogP contribution >= 0.6 is 11.6 Å². The van der Waals surface area contributed by atoms with Crippen LogP contribution in [-0.2, 0) is 12.3 Å². The molecular formula is C17H22ClN3. The molecule has 2 rings (SSSR count). The van der Waals surface area contributed by atoms with Crippen LogP contribution in [0.1, 0.15) is 36.6 Å². The summed E-state index contributed by atoms with van der Waals surface area (Å²) in [7, 11) is 2.08. The lowest BCUT2D eigenvalue weighted by molar-refractivity contribution is 0.798. The van der Waals surface area contributed by atoms with Gasteiger partial charge in [0.15, 0.2) is 0 Å². The zero-order valence-electron chi connectivity index (χ0n) is 12.9. The van der Waals surface area contributed by atoms with Crippen LogP contribution < -0.4 is 4.90 Å². The molecule has 0 unspecified atom stereocenters. The largest absolute Gasteiger partial charge is 0.359 e. The van der Waals surface area contributed by atoms with Crippen molar-refractivity contribution in [3.8, 4) is 0 Å². The van der Waals surface area contributed by atoms with E-state index in [0.29, 0.717) is 11.8 Å². The van der Waals surface area contributed by atoms with Gasteiger partial charge in [-0.15, -0.1) is 11.6 Å². The first kappa shape index (κ1) is 15.8. The van der Waals surface area contributed by atoms with Crippen LogP contribution in [0.5, 0.6) is 0 Å². The van der Waals surface area contributed by atoms with E-state index in [2.05, 4.69) is 55.0 Å². The Labute approximate surface area is 132 Å². The molecule has 0 aliphatic heterocycles. The summed E-state index contributed by atoms with van der Waals surface area (Å²) in [5.41, 5.74) is 3.51. The van der Waals surface area contributed by atoms with Gasteiger partial charge in [-0.2, -0.15) is 0 Å². The van der Waals surface area contributed by atoms with E-state index in [1.54, 1.807) is 0 Å². The van der Waals surface area contributed by atoms with Crippen molar-refractivity contribution in [2.75, 3.05) is 18.5 Å². The van der Waals surface area contributed by atoms with E-state index in [0.717, 1.165) is 30.0 Å². The molecule has 21 heavy (non-hydrogen) atoms. The minimum atomic E-state index is 0.403. The van der Waals surface area contributed by atoms with Crippen molar-refractivity contribution in [3.05, 3.63) is 53.5 Å². The number of likely N-dealkylation sites (N-methyl/N-ethyl adjacent to an activating group) is 1. The minimum Gasteiger partial charge on any atom is -0.359 e. The number of nitrogens with zero attached hydrogens (tertiary/aromatic N) is 3. The van der Waals surface area contributed by atoms with Crippen molar-refractivity contribution in [2.45, 2.75) is 32.1 Å². The summed E-state index contributed by atoms with van der Waals surface area (Å²) < 4.78 is 0. The maximum atomic E-state index is 6.00. The molecule has 2 aromatic heterocycles. The lowest BCUT2D eigenvalue weighted by atomic mass is 10.1. The van der Waals surface area contributed by atoms with Gasteiger partial charge < -0.3 is 4.90 Å². The van der Waals surface area contributed by atoms with Crippen LogP contribution in [0.25, 0.3) is 0 Å². The molecule has 2 heterocycles. The molecule has 2 aromatic rings. The van der Waals surface area contributed by atoms with Crippen molar-refractivity contribution in [1.82, 2.24) is 9.97 Å². The molecule has 4 heteroatoms. The molecule has 0 aliphatic rings. The third-order valence-electron chi connectivity index (χ3n) is 3.51.